The van der Waals surface area contributed by atoms with E-state index in [-0.39, 0.29) is 24.3 Å². The fraction of sp³-hybridized carbons (Fsp3) is 0.294. The average Bonchev–Trinajstić information content (AvgIpc) is 2.46. The molecule has 1 N–H and O–H groups in total. The van der Waals surface area contributed by atoms with Gasteiger partial charge in [0.2, 0.25) is 11.8 Å². The maximum atomic E-state index is 12.1. The van der Waals surface area contributed by atoms with Crippen LogP contribution in [0.15, 0.2) is 42.5 Å². The predicted molar refractivity (Wildman–Crippen MR) is 85.1 cm³/mol. The van der Waals surface area contributed by atoms with Crippen LogP contribution in [0.3, 0.4) is 0 Å². The number of nitrogens with one attached hydrogen (secondary N) is 1. The first-order valence-corrected chi connectivity index (χ1v) is 7.01. The first kappa shape index (κ1) is 15.0. The Labute approximate surface area is 124 Å². The van der Waals surface area contributed by atoms with Gasteiger partial charge in [0.15, 0.2) is 0 Å². The average molecular weight is 284 g/mol. The van der Waals surface area contributed by atoms with E-state index in [0.29, 0.717) is 0 Å². The second kappa shape index (κ2) is 6.39. The Morgan fingerprint density at radius 1 is 1.10 bits per heavy atom. The Hall–Kier alpha value is -2.36. The van der Waals surface area contributed by atoms with Crippen LogP contribution in [-0.4, -0.2) is 30.3 Å². The summed E-state index contributed by atoms with van der Waals surface area (Å²) in [5.74, 6) is -0.341. The molecule has 0 unspecified atom stereocenters. The highest BCUT2D eigenvalue weighted by atomic mass is 16.2. The van der Waals surface area contributed by atoms with E-state index in [2.05, 4.69) is 5.32 Å². The maximum absolute atomic E-state index is 12.1. The van der Waals surface area contributed by atoms with Gasteiger partial charge in [-0.15, -0.1) is 0 Å². The minimum atomic E-state index is -0.192. The summed E-state index contributed by atoms with van der Waals surface area (Å²) in [6, 6.07) is 13.6. The third-order valence-electron chi connectivity index (χ3n) is 3.31. The number of anilines is 1. The van der Waals surface area contributed by atoms with Crippen molar-refractivity contribution in [3.63, 3.8) is 0 Å². The van der Waals surface area contributed by atoms with Gasteiger partial charge in [-0.3, -0.25) is 9.59 Å². The smallest absolute Gasteiger partial charge is 0.244 e. The standard InChI is InChI=1S/C17H20N2O2/c1-12(2)17(21)19(3)11-16(20)18-15-10-6-8-13-7-4-5-9-14(13)15/h4-10,12H,11H2,1-3H3,(H,18,20). The van der Waals surface area contributed by atoms with E-state index in [1.54, 1.807) is 7.05 Å². The molecule has 4 heteroatoms. The SMILES string of the molecule is CC(C)C(=O)N(C)CC(=O)Nc1cccc2ccccc12. The van der Waals surface area contributed by atoms with E-state index in [0.717, 1.165) is 16.5 Å². The molecular formula is C17H20N2O2. The number of carbonyl (C=O) groups is 2. The molecule has 0 aliphatic heterocycles. The van der Waals surface area contributed by atoms with Crippen LogP contribution in [0.25, 0.3) is 10.8 Å². The van der Waals surface area contributed by atoms with Crippen LogP contribution < -0.4 is 5.32 Å². The monoisotopic (exact) mass is 284 g/mol. The van der Waals surface area contributed by atoms with E-state index >= 15 is 0 Å². The Kier molecular flexibility index (Phi) is 4.58. The first-order valence-electron chi connectivity index (χ1n) is 7.01. The summed E-state index contributed by atoms with van der Waals surface area (Å²) in [4.78, 5) is 25.3. The first-order chi connectivity index (χ1) is 9.99. The third-order valence-corrected chi connectivity index (χ3v) is 3.31. The summed E-state index contributed by atoms with van der Waals surface area (Å²) in [6.45, 7) is 3.70. The zero-order chi connectivity index (χ0) is 15.4. The minimum Gasteiger partial charge on any atom is -0.336 e. The summed E-state index contributed by atoms with van der Waals surface area (Å²) in [6.07, 6.45) is 0. The van der Waals surface area contributed by atoms with Crippen LogP contribution in [-0.2, 0) is 9.59 Å². The molecule has 0 bridgehead atoms. The fourth-order valence-electron chi connectivity index (χ4n) is 2.26. The number of fused-ring (bicyclic) bond motifs is 1. The van der Waals surface area contributed by atoms with Crippen molar-refractivity contribution in [3.05, 3.63) is 42.5 Å². The number of benzene rings is 2. The van der Waals surface area contributed by atoms with Gasteiger partial charge in [-0.25, -0.2) is 0 Å². The molecule has 0 spiro atoms. The van der Waals surface area contributed by atoms with Gasteiger partial charge in [0.25, 0.3) is 0 Å². The molecule has 21 heavy (non-hydrogen) atoms. The Morgan fingerprint density at radius 2 is 1.76 bits per heavy atom. The quantitative estimate of drug-likeness (QED) is 0.938. The largest absolute Gasteiger partial charge is 0.336 e. The van der Waals surface area contributed by atoms with Crippen molar-refractivity contribution >= 4 is 28.3 Å². The van der Waals surface area contributed by atoms with Crippen LogP contribution in [0.4, 0.5) is 5.69 Å². The number of likely N-dealkylation sites (N-methyl/N-ethyl adjacent to an activating group) is 1. The molecule has 2 rings (SSSR count). The number of amides is 2. The molecule has 2 amide bonds. The topological polar surface area (TPSA) is 49.4 Å². The molecule has 0 saturated carbocycles. The molecule has 0 saturated heterocycles. The lowest BCUT2D eigenvalue weighted by molar-refractivity contribution is -0.136. The second-order valence-electron chi connectivity index (χ2n) is 5.42. The Bertz CT molecular complexity index is 659. The van der Waals surface area contributed by atoms with Gasteiger partial charge in [-0.1, -0.05) is 50.2 Å². The molecule has 0 heterocycles. The van der Waals surface area contributed by atoms with Gasteiger partial charge in [0.05, 0.1) is 6.54 Å². The second-order valence-corrected chi connectivity index (χ2v) is 5.42. The van der Waals surface area contributed by atoms with Crippen LogP contribution in [0.1, 0.15) is 13.8 Å². The number of nitrogens with zero attached hydrogens (tertiary/aromatic N) is 1. The van der Waals surface area contributed by atoms with Crippen molar-refractivity contribution < 1.29 is 9.59 Å². The van der Waals surface area contributed by atoms with Gasteiger partial charge < -0.3 is 10.2 Å². The van der Waals surface area contributed by atoms with Crippen molar-refractivity contribution in [3.8, 4) is 0 Å². The highest BCUT2D eigenvalue weighted by Crippen LogP contribution is 2.22. The summed E-state index contributed by atoms with van der Waals surface area (Å²) in [5, 5.41) is 4.94. The van der Waals surface area contributed by atoms with Crippen LogP contribution in [0.5, 0.6) is 0 Å². The van der Waals surface area contributed by atoms with Crippen molar-refractivity contribution in [1.29, 1.82) is 0 Å². The normalized spacial score (nSPS) is 10.7. The van der Waals surface area contributed by atoms with Crippen molar-refractivity contribution in [1.82, 2.24) is 4.90 Å². The van der Waals surface area contributed by atoms with Gasteiger partial charge in [-0.05, 0) is 11.5 Å². The summed E-state index contributed by atoms with van der Waals surface area (Å²) >= 11 is 0. The summed E-state index contributed by atoms with van der Waals surface area (Å²) in [5.41, 5.74) is 0.767. The third kappa shape index (κ3) is 3.60. The van der Waals surface area contributed by atoms with Crippen LogP contribution in [0, 0.1) is 5.92 Å². The molecule has 110 valence electrons. The van der Waals surface area contributed by atoms with Gasteiger partial charge in [-0.2, -0.15) is 0 Å². The summed E-state index contributed by atoms with van der Waals surface area (Å²) < 4.78 is 0. The fourth-order valence-corrected chi connectivity index (χ4v) is 2.26. The molecule has 2 aromatic rings. The zero-order valence-electron chi connectivity index (χ0n) is 12.6. The predicted octanol–water partition coefficient (Wildman–Crippen LogP) is 2.89. The molecule has 0 aromatic heterocycles. The van der Waals surface area contributed by atoms with Crippen molar-refractivity contribution in [2.45, 2.75) is 13.8 Å². The maximum Gasteiger partial charge on any atom is 0.244 e. The van der Waals surface area contributed by atoms with E-state index in [1.165, 1.54) is 4.90 Å². The van der Waals surface area contributed by atoms with E-state index < -0.39 is 0 Å². The molecule has 0 fully saturated rings. The van der Waals surface area contributed by atoms with E-state index in [9.17, 15) is 9.59 Å². The summed E-state index contributed by atoms with van der Waals surface area (Å²) in [7, 11) is 1.64. The number of hydrogen-bond acceptors (Lipinski definition) is 2. The molecule has 0 atom stereocenters. The Morgan fingerprint density at radius 3 is 2.48 bits per heavy atom. The number of carbonyl (C=O) groups excluding carboxylic acids is 2. The molecule has 2 aromatic carbocycles. The lowest BCUT2D eigenvalue weighted by Crippen LogP contribution is -2.37. The lowest BCUT2D eigenvalue weighted by Gasteiger charge is -2.19. The Balaban J connectivity index is 2.10. The van der Waals surface area contributed by atoms with E-state index in [1.807, 2.05) is 56.3 Å². The van der Waals surface area contributed by atoms with Crippen molar-refractivity contribution in [2.75, 3.05) is 18.9 Å². The number of rotatable bonds is 4. The van der Waals surface area contributed by atoms with Gasteiger partial charge in [0, 0.05) is 24.0 Å². The van der Waals surface area contributed by atoms with Gasteiger partial charge in [0.1, 0.15) is 0 Å². The molecular weight excluding hydrogens is 264 g/mol. The van der Waals surface area contributed by atoms with Crippen LogP contribution in [0.2, 0.25) is 0 Å². The highest BCUT2D eigenvalue weighted by Gasteiger charge is 2.16. The van der Waals surface area contributed by atoms with Crippen LogP contribution >= 0.6 is 0 Å². The molecule has 0 aliphatic rings. The molecule has 0 aliphatic carbocycles. The van der Waals surface area contributed by atoms with E-state index in [4.69, 9.17) is 0 Å². The van der Waals surface area contributed by atoms with Gasteiger partial charge >= 0.3 is 0 Å². The number of hydrogen-bond donors (Lipinski definition) is 1. The molecule has 0 radical (unpaired) electrons. The van der Waals surface area contributed by atoms with Crippen molar-refractivity contribution in [2.24, 2.45) is 5.92 Å². The lowest BCUT2D eigenvalue weighted by atomic mass is 10.1. The zero-order valence-corrected chi connectivity index (χ0v) is 12.6. The minimum absolute atomic E-state index is 0.0388. The highest BCUT2D eigenvalue weighted by molar-refractivity contribution is 6.03. The molecule has 4 nitrogen and oxygen atoms in total.